The molecule has 2 aliphatic rings. The largest absolute Gasteiger partial charge is 0.490 e. The van der Waals surface area contributed by atoms with Crippen molar-refractivity contribution in [3.05, 3.63) is 0 Å². The molecule has 0 spiro atoms. The topological polar surface area (TPSA) is 81.7 Å². The zero-order chi connectivity index (χ0) is 15.2. The van der Waals surface area contributed by atoms with Gasteiger partial charge in [0, 0.05) is 19.1 Å². The van der Waals surface area contributed by atoms with E-state index in [2.05, 4.69) is 10.6 Å². The summed E-state index contributed by atoms with van der Waals surface area (Å²) in [5.41, 5.74) is 0. The highest BCUT2D eigenvalue weighted by Crippen LogP contribution is 2.14. The van der Waals surface area contributed by atoms with Gasteiger partial charge in [0.1, 0.15) is 0 Å². The molecule has 2 amide bonds. The van der Waals surface area contributed by atoms with E-state index in [0.717, 1.165) is 45.4 Å². The van der Waals surface area contributed by atoms with E-state index < -0.39 is 12.1 Å². The van der Waals surface area contributed by atoms with E-state index in [1.807, 2.05) is 4.90 Å². The zero-order valence-corrected chi connectivity index (χ0v) is 10.9. The molecule has 0 radical (unpaired) electrons. The van der Waals surface area contributed by atoms with Crippen molar-refractivity contribution >= 4 is 12.0 Å². The summed E-state index contributed by atoms with van der Waals surface area (Å²) >= 11 is 0. The number of halogens is 3. The van der Waals surface area contributed by atoms with Crippen LogP contribution in [0.25, 0.3) is 0 Å². The lowest BCUT2D eigenvalue weighted by Gasteiger charge is -2.37. The number of hydrogen-bond donors (Lipinski definition) is 3. The first-order valence-corrected chi connectivity index (χ1v) is 6.37. The molecule has 0 saturated carbocycles. The molecule has 0 bridgehead atoms. The van der Waals surface area contributed by atoms with E-state index in [9.17, 15) is 18.0 Å². The van der Waals surface area contributed by atoms with Gasteiger partial charge >= 0.3 is 18.2 Å². The predicted octanol–water partition coefficient (Wildman–Crippen LogP) is 0.787. The van der Waals surface area contributed by atoms with E-state index in [-0.39, 0.29) is 6.03 Å². The van der Waals surface area contributed by atoms with Crippen LogP contribution < -0.4 is 10.6 Å². The monoisotopic (exact) mass is 297 g/mol. The van der Waals surface area contributed by atoms with Crippen LogP contribution in [0.2, 0.25) is 0 Å². The Morgan fingerprint density at radius 3 is 2.25 bits per heavy atom. The fourth-order valence-corrected chi connectivity index (χ4v) is 2.11. The number of piperidine rings is 1. The molecule has 0 aromatic rings. The minimum Gasteiger partial charge on any atom is -0.475 e. The summed E-state index contributed by atoms with van der Waals surface area (Å²) in [5, 5.41) is 13.3. The molecule has 0 atom stereocenters. The third kappa shape index (κ3) is 5.24. The van der Waals surface area contributed by atoms with Crippen molar-refractivity contribution in [3.63, 3.8) is 0 Å². The van der Waals surface area contributed by atoms with Gasteiger partial charge in [0.25, 0.3) is 0 Å². The normalized spacial score (nSPS) is 20.8. The Kier molecular flexibility index (Phi) is 6.05. The molecular weight excluding hydrogens is 279 g/mol. The zero-order valence-electron chi connectivity index (χ0n) is 10.9. The number of carbonyl (C=O) groups is 2. The van der Waals surface area contributed by atoms with Gasteiger partial charge < -0.3 is 20.6 Å². The number of carboxylic acids is 1. The number of amides is 2. The van der Waals surface area contributed by atoms with Gasteiger partial charge in [-0.25, -0.2) is 9.59 Å². The van der Waals surface area contributed by atoms with Gasteiger partial charge in [0.2, 0.25) is 0 Å². The van der Waals surface area contributed by atoms with Gasteiger partial charge in [-0.1, -0.05) is 0 Å². The number of nitrogens with one attached hydrogen (secondary N) is 2. The van der Waals surface area contributed by atoms with Crippen LogP contribution in [0.5, 0.6) is 0 Å². The van der Waals surface area contributed by atoms with E-state index in [0.29, 0.717) is 6.04 Å². The van der Waals surface area contributed by atoms with Gasteiger partial charge in [0.15, 0.2) is 0 Å². The predicted molar refractivity (Wildman–Crippen MR) is 64.3 cm³/mol. The first-order valence-electron chi connectivity index (χ1n) is 6.37. The van der Waals surface area contributed by atoms with Gasteiger partial charge in [-0.2, -0.15) is 13.2 Å². The average molecular weight is 297 g/mol. The number of carbonyl (C=O) groups excluding carboxylic acids is 1. The van der Waals surface area contributed by atoms with Crippen molar-refractivity contribution in [2.24, 2.45) is 0 Å². The van der Waals surface area contributed by atoms with Gasteiger partial charge in [-0.15, -0.1) is 0 Å². The Labute approximate surface area is 114 Å². The molecular formula is C11H18F3N3O3. The van der Waals surface area contributed by atoms with E-state index in [4.69, 9.17) is 9.90 Å². The minimum absolute atomic E-state index is 0.137. The minimum atomic E-state index is -5.08. The molecule has 0 unspecified atom stereocenters. The van der Waals surface area contributed by atoms with Crippen LogP contribution in [0.1, 0.15) is 19.3 Å². The number of rotatable bonds is 1. The standard InChI is InChI=1S/C9H17N3O.C2HF3O2/c13-9-11-4-1-7-12(9)8-2-5-10-6-3-8;3-2(4,5)1(6)7/h8,10H,1-7H2,(H,11,13);(H,6,7). The van der Waals surface area contributed by atoms with Crippen LogP contribution in [-0.2, 0) is 4.79 Å². The van der Waals surface area contributed by atoms with E-state index in [1.54, 1.807) is 0 Å². The van der Waals surface area contributed by atoms with Crippen LogP contribution in [-0.4, -0.2) is 60.4 Å². The Morgan fingerprint density at radius 1 is 1.25 bits per heavy atom. The lowest BCUT2D eigenvalue weighted by atomic mass is 10.0. The van der Waals surface area contributed by atoms with Crippen molar-refractivity contribution in [2.45, 2.75) is 31.5 Å². The molecule has 2 rings (SSSR count). The summed E-state index contributed by atoms with van der Waals surface area (Å²) in [6.45, 7) is 3.89. The van der Waals surface area contributed by atoms with Gasteiger partial charge in [-0.3, -0.25) is 0 Å². The van der Waals surface area contributed by atoms with Crippen molar-refractivity contribution in [1.82, 2.24) is 15.5 Å². The van der Waals surface area contributed by atoms with Crippen LogP contribution in [0.3, 0.4) is 0 Å². The maximum Gasteiger partial charge on any atom is 0.490 e. The highest BCUT2D eigenvalue weighted by atomic mass is 19.4. The quantitative estimate of drug-likeness (QED) is 0.668. The second-order valence-electron chi connectivity index (χ2n) is 4.56. The molecule has 2 saturated heterocycles. The number of carboxylic acid groups (broad SMARTS) is 1. The van der Waals surface area contributed by atoms with Crippen LogP contribution in [0, 0.1) is 0 Å². The van der Waals surface area contributed by atoms with Gasteiger partial charge in [0.05, 0.1) is 0 Å². The van der Waals surface area contributed by atoms with Crippen molar-refractivity contribution in [2.75, 3.05) is 26.2 Å². The maximum atomic E-state index is 11.5. The van der Waals surface area contributed by atoms with Crippen LogP contribution >= 0.6 is 0 Å². The molecule has 116 valence electrons. The highest BCUT2D eigenvalue weighted by Gasteiger charge is 2.38. The summed E-state index contributed by atoms with van der Waals surface area (Å²) < 4.78 is 31.7. The Balaban J connectivity index is 0.000000246. The smallest absolute Gasteiger partial charge is 0.475 e. The highest BCUT2D eigenvalue weighted by molar-refractivity contribution is 5.75. The van der Waals surface area contributed by atoms with Crippen LogP contribution in [0.4, 0.5) is 18.0 Å². The summed E-state index contributed by atoms with van der Waals surface area (Å²) in [6, 6.07) is 0.611. The number of hydrogen-bond acceptors (Lipinski definition) is 3. The molecule has 0 aromatic carbocycles. The Bertz CT molecular complexity index is 344. The van der Waals surface area contributed by atoms with E-state index in [1.165, 1.54) is 0 Å². The fourth-order valence-electron chi connectivity index (χ4n) is 2.11. The second-order valence-corrected chi connectivity index (χ2v) is 4.56. The molecule has 0 aromatic heterocycles. The summed E-state index contributed by atoms with van der Waals surface area (Å²) in [5.74, 6) is -2.76. The SMILES string of the molecule is O=C(O)C(F)(F)F.O=C1NCCCN1C1CCNCC1. The third-order valence-electron chi connectivity index (χ3n) is 3.10. The van der Waals surface area contributed by atoms with Crippen LogP contribution in [0.15, 0.2) is 0 Å². The third-order valence-corrected chi connectivity index (χ3v) is 3.10. The molecule has 9 heteroatoms. The van der Waals surface area contributed by atoms with E-state index >= 15 is 0 Å². The first kappa shape index (κ1) is 16.5. The molecule has 20 heavy (non-hydrogen) atoms. The average Bonchev–Trinajstić information content (AvgIpc) is 2.40. The number of nitrogens with zero attached hydrogens (tertiary/aromatic N) is 1. The van der Waals surface area contributed by atoms with Gasteiger partial charge in [-0.05, 0) is 32.4 Å². The maximum absolute atomic E-state index is 11.5. The lowest BCUT2D eigenvalue weighted by Crippen LogP contribution is -2.53. The molecule has 2 aliphatic heterocycles. The first-order chi connectivity index (χ1) is 9.32. The molecule has 2 fully saturated rings. The summed E-state index contributed by atoms with van der Waals surface area (Å²) in [6.07, 6.45) is -1.78. The Morgan fingerprint density at radius 2 is 1.80 bits per heavy atom. The number of aliphatic carboxylic acids is 1. The lowest BCUT2D eigenvalue weighted by molar-refractivity contribution is -0.192. The summed E-state index contributed by atoms with van der Waals surface area (Å²) in [4.78, 5) is 22.4. The molecule has 0 aliphatic carbocycles. The molecule has 6 nitrogen and oxygen atoms in total. The number of urea groups is 1. The fraction of sp³-hybridized carbons (Fsp3) is 0.818. The molecule has 2 heterocycles. The second kappa shape index (κ2) is 7.32. The van der Waals surface area contributed by atoms with Crippen molar-refractivity contribution in [3.8, 4) is 0 Å². The van der Waals surface area contributed by atoms with Crippen molar-refractivity contribution in [1.29, 1.82) is 0 Å². The summed E-state index contributed by atoms with van der Waals surface area (Å²) in [7, 11) is 0. The molecule has 3 N–H and O–H groups in total. The number of alkyl halides is 3. The van der Waals surface area contributed by atoms with Crippen molar-refractivity contribution < 1.29 is 27.9 Å². The Hall–Kier alpha value is -1.51.